The number of hydrogen-bond donors (Lipinski definition) is 2. The minimum absolute atomic E-state index is 0.0290. The van der Waals surface area contributed by atoms with Crippen LogP contribution in [0.15, 0.2) is 82.8 Å². The van der Waals surface area contributed by atoms with Gasteiger partial charge in [-0.25, -0.2) is 26.4 Å². The molecular formula is C44H56N8O8S2. The van der Waals surface area contributed by atoms with E-state index in [1.807, 2.05) is 60.7 Å². The summed E-state index contributed by atoms with van der Waals surface area (Å²) in [7, 11) is -3.75. The highest BCUT2D eigenvalue weighted by Crippen LogP contribution is 2.45. The number of carbonyl (C=O) groups excluding carboxylic acids is 1. The van der Waals surface area contributed by atoms with Crippen LogP contribution in [-0.2, 0) is 52.0 Å². The van der Waals surface area contributed by atoms with Crippen LogP contribution in [-0.4, -0.2) is 105 Å². The molecule has 332 valence electrons. The molecule has 4 saturated carbocycles. The Kier molecular flexibility index (Phi) is 11.7. The Bertz CT molecular complexity index is 2460. The van der Waals surface area contributed by atoms with Gasteiger partial charge in [0.05, 0.1) is 11.4 Å². The van der Waals surface area contributed by atoms with Crippen LogP contribution in [0.25, 0.3) is 0 Å². The summed E-state index contributed by atoms with van der Waals surface area (Å²) in [4.78, 5) is 25.6. The lowest BCUT2D eigenvalue weighted by atomic mass is 10.0. The van der Waals surface area contributed by atoms with Crippen molar-refractivity contribution in [3.05, 3.63) is 95.3 Å². The van der Waals surface area contributed by atoms with E-state index in [2.05, 4.69) is 15.5 Å². The van der Waals surface area contributed by atoms with Gasteiger partial charge in [-0.2, -0.15) is 18.8 Å². The Morgan fingerprint density at radius 2 is 1.13 bits per heavy atom. The van der Waals surface area contributed by atoms with Gasteiger partial charge in [-0.15, -0.1) is 0 Å². The van der Waals surface area contributed by atoms with Crippen molar-refractivity contribution in [2.45, 2.75) is 98.5 Å². The van der Waals surface area contributed by atoms with E-state index in [0.29, 0.717) is 57.4 Å². The van der Waals surface area contributed by atoms with E-state index < -0.39 is 32.2 Å². The maximum absolute atomic E-state index is 13.3. The van der Waals surface area contributed by atoms with Crippen molar-refractivity contribution < 1.29 is 36.3 Å². The van der Waals surface area contributed by atoms with Gasteiger partial charge in [0.2, 0.25) is 0 Å². The highest BCUT2D eigenvalue weighted by atomic mass is 32.2. The summed E-state index contributed by atoms with van der Waals surface area (Å²) >= 11 is 0. The number of sulfonamides is 2. The second-order valence-electron chi connectivity index (χ2n) is 18.2. The normalized spacial score (nSPS) is 26.1. The fraction of sp³-hybridized carbons (Fsp3) is 0.545. The Balaban J connectivity index is 0.000000158. The number of rotatable bonds is 12. The molecule has 2 aromatic heterocycles. The number of aromatic nitrogens is 4. The third kappa shape index (κ3) is 9.01. The van der Waals surface area contributed by atoms with Crippen LogP contribution < -0.4 is 5.32 Å². The van der Waals surface area contributed by atoms with E-state index in [4.69, 9.17) is 4.74 Å². The molecule has 0 spiro atoms. The van der Waals surface area contributed by atoms with Crippen LogP contribution in [0, 0.1) is 23.7 Å². The Labute approximate surface area is 363 Å². The van der Waals surface area contributed by atoms with Gasteiger partial charge in [0, 0.05) is 82.9 Å². The quantitative estimate of drug-likeness (QED) is 0.184. The summed E-state index contributed by atoms with van der Waals surface area (Å²) < 4.78 is 64.4. The zero-order valence-electron chi connectivity index (χ0n) is 35.2. The number of aryl methyl sites for hydroxylation is 2. The third-order valence-electron chi connectivity index (χ3n) is 13.7. The van der Waals surface area contributed by atoms with Gasteiger partial charge in [-0.3, -0.25) is 9.36 Å². The summed E-state index contributed by atoms with van der Waals surface area (Å²) in [5.74, 6) is 1.71. The Morgan fingerprint density at radius 1 is 0.694 bits per heavy atom. The highest BCUT2D eigenvalue weighted by molar-refractivity contribution is 7.89. The molecule has 2 unspecified atom stereocenters. The van der Waals surface area contributed by atoms with Gasteiger partial charge in [-0.1, -0.05) is 60.7 Å². The maximum atomic E-state index is 13.3. The summed E-state index contributed by atoms with van der Waals surface area (Å²) in [6.07, 6.45) is 5.96. The third-order valence-corrected chi connectivity index (χ3v) is 17.5. The first-order chi connectivity index (χ1) is 29.7. The largest absolute Gasteiger partial charge is 0.465 e. The number of alkyl carbamates (subject to hydrolysis) is 1. The molecule has 2 saturated heterocycles. The van der Waals surface area contributed by atoms with Crippen LogP contribution in [0.5, 0.6) is 0 Å². The molecule has 4 heterocycles. The maximum Gasteiger partial charge on any atom is 0.407 e. The van der Waals surface area contributed by atoms with E-state index in [1.165, 1.54) is 14.3 Å². The minimum Gasteiger partial charge on any atom is -0.465 e. The lowest BCUT2D eigenvalue weighted by Gasteiger charge is -2.28. The lowest BCUT2D eigenvalue weighted by molar-refractivity contribution is 0.118. The molecule has 6 aliphatic rings. The number of hydrogen-bond acceptors (Lipinski definition) is 9. The van der Waals surface area contributed by atoms with E-state index in [9.17, 15) is 31.5 Å². The SMILES string of the molecule is Cn1nc(C2CC2)cc1S(=O)(=O)N1C[C@H]2CC(N(Cc3ccccc3)C(=O)O)C[C@H]2C1.Cn1nc(C2CC2)cc1S(=O)(=O)N1C[C@H]2CC(NC(=O)OCc3ccccc3)C[C@H]2C1. The van der Waals surface area contributed by atoms with Crippen molar-refractivity contribution >= 4 is 32.2 Å². The Morgan fingerprint density at radius 3 is 1.56 bits per heavy atom. The fourth-order valence-electron chi connectivity index (χ4n) is 10.2. The molecule has 62 heavy (non-hydrogen) atoms. The molecule has 4 aromatic rings. The van der Waals surface area contributed by atoms with Crippen molar-refractivity contribution in [3.63, 3.8) is 0 Å². The number of amides is 2. The minimum atomic E-state index is -3.60. The smallest absolute Gasteiger partial charge is 0.407 e. The zero-order valence-corrected chi connectivity index (χ0v) is 36.8. The summed E-state index contributed by atoms with van der Waals surface area (Å²) in [5, 5.41) is 22.1. The first-order valence-electron chi connectivity index (χ1n) is 21.8. The van der Waals surface area contributed by atoms with Crippen molar-refractivity contribution in [1.82, 2.24) is 38.4 Å². The van der Waals surface area contributed by atoms with Gasteiger partial charge < -0.3 is 20.1 Å². The zero-order chi connectivity index (χ0) is 43.3. The van der Waals surface area contributed by atoms with Gasteiger partial charge in [0.15, 0.2) is 10.1 Å². The van der Waals surface area contributed by atoms with Crippen molar-refractivity contribution in [2.24, 2.45) is 37.8 Å². The molecule has 2 N–H and O–H groups in total. The van der Waals surface area contributed by atoms with Crippen molar-refractivity contribution in [2.75, 3.05) is 26.2 Å². The van der Waals surface area contributed by atoms with Gasteiger partial charge in [0.25, 0.3) is 20.0 Å². The van der Waals surface area contributed by atoms with Crippen LogP contribution in [0.3, 0.4) is 0 Å². The highest BCUT2D eigenvalue weighted by Gasteiger charge is 2.49. The topological polar surface area (TPSA) is 189 Å². The summed E-state index contributed by atoms with van der Waals surface area (Å²) in [6.45, 7) is 2.49. The average molecular weight is 889 g/mol. The average Bonchev–Trinajstić information content (AvgIpc) is 3.94. The van der Waals surface area contributed by atoms with Crippen LogP contribution in [0.1, 0.15) is 85.7 Å². The number of nitrogens with one attached hydrogen (secondary N) is 1. The molecule has 2 aliphatic heterocycles. The predicted octanol–water partition coefficient (Wildman–Crippen LogP) is 5.50. The van der Waals surface area contributed by atoms with E-state index in [0.717, 1.165) is 61.0 Å². The van der Waals surface area contributed by atoms with Crippen LogP contribution in [0.2, 0.25) is 0 Å². The second kappa shape index (κ2) is 17.1. The molecule has 16 nitrogen and oxygen atoms in total. The monoisotopic (exact) mass is 888 g/mol. The molecule has 2 amide bonds. The molecule has 18 heteroatoms. The van der Waals surface area contributed by atoms with Gasteiger partial charge >= 0.3 is 12.2 Å². The predicted molar refractivity (Wildman–Crippen MR) is 228 cm³/mol. The molecule has 6 atom stereocenters. The molecule has 6 fully saturated rings. The van der Waals surface area contributed by atoms with E-state index >= 15 is 0 Å². The molecule has 2 aromatic carbocycles. The van der Waals surface area contributed by atoms with Gasteiger partial charge in [0.1, 0.15) is 6.61 Å². The standard InChI is InChI=1S/2C22H28N4O4S/c1-25-21(11-20(24-25)16-7-8-16)31(28,29)26-12-17-9-19(10-18(17)13-26)23-22(27)30-14-15-5-3-2-4-6-15;1-24-21(11-20(23-24)16-7-8-16)31(29,30)25-13-17-9-19(10-18(17)14-25)26(22(27)28)12-15-5-3-2-4-6-15/h2-6,11,16-19H,7-10,12-14H2,1H3,(H,23,27);2-6,11,16-19H,7-10,12-14H2,1H3,(H,27,28)/t2*17-,18+,19?. The van der Waals surface area contributed by atoms with Gasteiger partial charge in [-0.05, 0) is 86.2 Å². The Hall–Kier alpha value is -4.78. The number of ether oxygens (including phenoxy) is 1. The first-order valence-corrected chi connectivity index (χ1v) is 24.7. The van der Waals surface area contributed by atoms with E-state index in [-0.39, 0.29) is 52.4 Å². The summed E-state index contributed by atoms with van der Waals surface area (Å²) in [6, 6.07) is 22.6. The van der Waals surface area contributed by atoms with Crippen LogP contribution in [0.4, 0.5) is 9.59 Å². The molecule has 10 rings (SSSR count). The number of nitrogens with zero attached hydrogens (tertiary/aromatic N) is 7. The van der Waals surface area contributed by atoms with Crippen molar-refractivity contribution in [1.29, 1.82) is 0 Å². The van der Waals surface area contributed by atoms with Crippen LogP contribution >= 0.6 is 0 Å². The lowest BCUT2D eigenvalue weighted by Crippen LogP contribution is -2.39. The second-order valence-corrected chi connectivity index (χ2v) is 22.0. The molecule has 4 aliphatic carbocycles. The number of carboxylic acid groups (broad SMARTS) is 1. The number of carbonyl (C=O) groups is 2. The molecule has 0 radical (unpaired) electrons. The molecule has 0 bridgehead atoms. The number of benzene rings is 2. The van der Waals surface area contributed by atoms with Crippen molar-refractivity contribution in [3.8, 4) is 0 Å². The van der Waals surface area contributed by atoms with E-state index in [1.54, 1.807) is 34.8 Å². The number of fused-ring (bicyclic) bond motifs is 2. The summed E-state index contributed by atoms with van der Waals surface area (Å²) in [5.41, 5.74) is 3.67. The first kappa shape index (κ1) is 42.5. The molecular weight excluding hydrogens is 833 g/mol. The fourth-order valence-corrected chi connectivity index (χ4v) is 13.5.